The Morgan fingerprint density at radius 2 is 1.77 bits per heavy atom. The number of benzene rings is 2. The zero-order valence-corrected chi connectivity index (χ0v) is 22.7. The normalized spacial score (nSPS) is 16.1. The number of methoxy groups -OCH3 is 1. The summed E-state index contributed by atoms with van der Waals surface area (Å²) in [6.07, 6.45) is 0.663. The van der Waals surface area contributed by atoms with Gasteiger partial charge in [0, 0.05) is 45.7 Å². The second-order valence-corrected chi connectivity index (χ2v) is 10.6. The number of rotatable bonds is 5. The largest absolute Gasteiger partial charge is 0.495 e. The number of aliphatic hydroxyl groups excluding tert-OH is 1. The summed E-state index contributed by atoms with van der Waals surface area (Å²) in [5, 5.41) is 10.0. The molecule has 35 heavy (non-hydrogen) atoms. The van der Waals surface area contributed by atoms with E-state index in [-0.39, 0.29) is 6.09 Å². The summed E-state index contributed by atoms with van der Waals surface area (Å²) in [7, 11) is 7.34. The van der Waals surface area contributed by atoms with Crippen molar-refractivity contribution in [2.24, 2.45) is 0 Å². The lowest BCUT2D eigenvalue weighted by molar-refractivity contribution is -0.0411. The number of aliphatic hydroxyl groups is 1. The van der Waals surface area contributed by atoms with Gasteiger partial charge < -0.3 is 29.1 Å². The maximum Gasteiger partial charge on any atom is 0.410 e. The van der Waals surface area contributed by atoms with Crippen molar-refractivity contribution >= 4 is 11.8 Å². The number of nitrogens with zero attached hydrogens (tertiary/aromatic N) is 2. The van der Waals surface area contributed by atoms with Crippen LogP contribution in [0.3, 0.4) is 0 Å². The van der Waals surface area contributed by atoms with Crippen molar-refractivity contribution in [2.45, 2.75) is 64.8 Å². The average molecular weight is 487 g/mol. The van der Waals surface area contributed by atoms with Crippen LogP contribution in [0.5, 0.6) is 11.5 Å². The van der Waals surface area contributed by atoms with Gasteiger partial charge in [0.25, 0.3) is 0 Å². The zero-order valence-electron chi connectivity index (χ0n) is 22.7. The number of anilines is 1. The standard InChI is InChI=1S/C14H21NO3.C14H21NO2/c1-14(2)13(16)7-9-6-12(17-5)10(15(3)4)8-11(9)18-14;1-14(2,3)17-13(16)15(4)11-10-12-8-6-5-7-9-12/h6,8,13,16H,7H2,1-5H3;5-9H,10-11H2,1-4H3. The van der Waals surface area contributed by atoms with Crippen molar-refractivity contribution in [3.8, 4) is 11.5 Å². The van der Waals surface area contributed by atoms with E-state index in [0.29, 0.717) is 13.0 Å². The lowest BCUT2D eigenvalue weighted by Gasteiger charge is -2.37. The second kappa shape index (κ2) is 11.7. The molecule has 1 heterocycles. The Morgan fingerprint density at radius 3 is 2.31 bits per heavy atom. The minimum atomic E-state index is -0.550. The number of fused-ring (bicyclic) bond motifs is 1. The van der Waals surface area contributed by atoms with Crippen LogP contribution in [-0.2, 0) is 17.6 Å². The Kier molecular flexibility index (Phi) is 9.44. The second-order valence-electron chi connectivity index (χ2n) is 10.6. The van der Waals surface area contributed by atoms with Crippen LogP contribution in [-0.4, -0.2) is 68.2 Å². The van der Waals surface area contributed by atoms with Crippen LogP contribution in [0.1, 0.15) is 45.7 Å². The van der Waals surface area contributed by atoms with Crippen LogP contribution in [0.25, 0.3) is 0 Å². The molecule has 0 aliphatic carbocycles. The molecule has 1 aliphatic rings. The van der Waals surface area contributed by atoms with Gasteiger partial charge in [-0.25, -0.2) is 4.79 Å². The van der Waals surface area contributed by atoms with Crippen LogP contribution >= 0.6 is 0 Å². The van der Waals surface area contributed by atoms with Crippen LogP contribution in [0, 0.1) is 0 Å². The lowest BCUT2D eigenvalue weighted by Crippen LogP contribution is -2.46. The molecule has 1 N–H and O–H groups in total. The van der Waals surface area contributed by atoms with E-state index < -0.39 is 17.3 Å². The van der Waals surface area contributed by atoms with Gasteiger partial charge in [-0.15, -0.1) is 0 Å². The third-order valence-electron chi connectivity index (χ3n) is 5.72. The topological polar surface area (TPSA) is 71.5 Å². The number of carbonyl (C=O) groups is 1. The summed E-state index contributed by atoms with van der Waals surface area (Å²) in [5.74, 6) is 1.63. The summed E-state index contributed by atoms with van der Waals surface area (Å²) in [6, 6.07) is 14.0. The molecule has 0 saturated carbocycles. The molecular formula is C28H42N2O5. The van der Waals surface area contributed by atoms with Crippen molar-refractivity contribution in [3.05, 3.63) is 53.6 Å². The molecule has 7 nitrogen and oxygen atoms in total. The molecule has 194 valence electrons. The van der Waals surface area contributed by atoms with Crippen molar-refractivity contribution in [1.29, 1.82) is 0 Å². The molecule has 7 heteroatoms. The predicted octanol–water partition coefficient (Wildman–Crippen LogP) is 4.93. The van der Waals surface area contributed by atoms with E-state index in [2.05, 4.69) is 12.1 Å². The molecule has 1 amide bonds. The molecule has 2 aromatic rings. The van der Waals surface area contributed by atoms with Crippen LogP contribution in [0.15, 0.2) is 42.5 Å². The molecule has 1 atom stereocenters. The summed E-state index contributed by atoms with van der Waals surface area (Å²) >= 11 is 0. The SMILES string of the molecule is CN(CCc1ccccc1)C(=O)OC(C)(C)C.COc1cc2c(cc1N(C)C)OC(C)(C)C(O)C2. The third kappa shape index (κ3) is 8.35. The molecule has 0 bridgehead atoms. The Labute approximate surface area is 210 Å². The van der Waals surface area contributed by atoms with E-state index in [1.54, 1.807) is 19.1 Å². The highest BCUT2D eigenvalue weighted by atomic mass is 16.6. The van der Waals surface area contributed by atoms with Gasteiger partial charge in [-0.05, 0) is 52.7 Å². The summed E-state index contributed by atoms with van der Waals surface area (Å²) < 4.78 is 16.5. The van der Waals surface area contributed by atoms with Gasteiger partial charge in [0.1, 0.15) is 22.7 Å². The fourth-order valence-corrected chi connectivity index (χ4v) is 3.54. The summed E-state index contributed by atoms with van der Waals surface area (Å²) in [4.78, 5) is 15.3. The number of likely N-dealkylation sites (N-methyl/N-ethyl adjacent to an activating group) is 1. The van der Waals surface area contributed by atoms with E-state index in [9.17, 15) is 9.90 Å². The maximum atomic E-state index is 11.7. The van der Waals surface area contributed by atoms with E-state index in [4.69, 9.17) is 14.2 Å². The smallest absolute Gasteiger partial charge is 0.410 e. The van der Waals surface area contributed by atoms with Crippen molar-refractivity contribution in [3.63, 3.8) is 0 Å². The van der Waals surface area contributed by atoms with E-state index in [1.165, 1.54) is 5.56 Å². The molecule has 0 radical (unpaired) electrons. The highest BCUT2D eigenvalue weighted by molar-refractivity contribution is 5.67. The maximum absolute atomic E-state index is 11.7. The van der Waals surface area contributed by atoms with Crippen molar-refractivity contribution in [1.82, 2.24) is 4.90 Å². The van der Waals surface area contributed by atoms with Crippen molar-refractivity contribution in [2.75, 3.05) is 39.7 Å². The van der Waals surface area contributed by atoms with Gasteiger partial charge >= 0.3 is 6.09 Å². The van der Waals surface area contributed by atoms with E-state index in [0.717, 1.165) is 29.2 Å². The summed E-state index contributed by atoms with van der Waals surface area (Å²) in [6.45, 7) is 10.1. The van der Waals surface area contributed by atoms with Gasteiger partial charge in [-0.1, -0.05) is 30.3 Å². The van der Waals surface area contributed by atoms with Gasteiger partial charge in [-0.3, -0.25) is 0 Å². The highest BCUT2D eigenvalue weighted by Crippen LogP contribution is 2.40. The number of hydrogen-bond acceptors (Lipinski definition) is 6. The minimum absolute atomic E-state index is 0.270. The number of carbonyl (C=O) groups excluding carboxylic acids is 1. The molecule has 3 rings (SSSR count). The number of ether oxygens (including phenoxy) is 3. The van der Waals surface area contributed by atoms with E-state index >= 15 is 0 Å². The van der Waals surface area contributed by atoms with Crippen LogP contribution in [0.2, 0.25) is 0 Å². The quantitative estimate of drug-likeness (QED) is 0.646. The first-order chi connectivity index (χ1) is 16.2. The first-order valence-electron chi connectivity index (χ1n) is 12.0. The van der Waals surface area contributed by atoms with Crippen molar-refractivity contribution < 1.29 is 24.1 Å². The number of amides is 1. The van der Waals surface area contributed by atoms with Gasteiger partial charge in [0.05, 0.1) is 18.9 Å². The molecule has 0 aromatic heterocycles. The fourth-order valence-electron chi connectivity index (χ4n) is 3.54. The zero-order chi connectivity index (χ0) is 26.4. The minimum Gasteiger partial charge on any atom is -0.495 e. The highest BCUT2D eigenvalue weighted by Gasteiger charge is 2.36. The number of hydrogen-bond donors (Lipinski definition) is 1. The van der Waals surface area contributed by atoms with Crippen LogP contribution < -0.4 is 14.4 Å². The third-order valence-corrected chi connectivity index (χ3v) is 5.72. The Morgan fingerprint density at radius 1 is 1.14 bits per heavy atom. The summed E-state index contributed by atoms with van der Waals surface area (Å²) in [5.41, 5.74) is 2.21. The predicted molar refractivity (Wildman–Crippen MR) is 141 cm³/mol. The first kappa shape index (κ1) is 28.3. The fraction of sp³-hybridized carbons (Fsp3) is 0.536. The molecule has 0 spiro atoms. The average Bonchev–Trinajstić information content (AvgIpc) is 2.77. The molecular weight excluding hydrogens is 444 g/mol. The molecule has 1 unspecified atom stereocenters. The molecule has 0 saturated heterocycles. The van der Waals surface area contributed by atoms with Gasteiger partial charge in [0.2, 0.25) is 0 Å². The Bertz CT molecular complexity index is 967. The van der Waals surface area contributed by atoms with Gasteiger partial charge in [-0.2, -0.15) is 0 Å². The Balaban J connectivity index is 0.000000247. The van der Waals surface area contributed by atoms with Crippen LogP contribution in [0.4, 0.5) is 10.5 Å². The first-order valence-corrected chi connectivity index (χ1v) is 12.0. The monoisotopic (exact) mass is 486 g/mol. The lowest BCUT2D eigenvalue weighted by atomic mass is 9.91. The van der Waals surface area contributed by atoms with Gasteiger partial charge in [0.15, 0.2) is 0 Å². The Hall–Kier alpha value is -2.93. The molecule has 0 fully saturated rings. The van der Waals surface area contributed by atoms with E-state index in [1.807, 2.05) is 83.9 Å². The molecule has 1 aliphatic heterocycles. The molecule has 2 aromatic carbocycles.